The van der Waals surface area contributed by atoms with Gasteiger partial charge in [-0.25, -0.2) is 4.98 Å². The van der Waals surface area contributed by atoms with Gasteiger partial charge in [0.25, 0.3) is 0 Å². The van der Waals surface area contributed by atoms with Crippen molar-refractivity contribution in [3.8, 4) is 0 Å². The van der Waals surface area contributed by atoms with Crippen molar-refractivity contribution in [3.05, 3.63) is 64.7 Å². The zero-order valence-electron chi connectivity index (χ0n) is 19.2. The Morgan fingerprint density at radius 2 is 1.81 bits per heavy atom. The minimum atomic E-state index is 0.157. The van der Waals surface area contributed by atoms with Gasteiger partial charge in [0.2, 0.25) is 5.91 Å². The van der Waals surface area contributed by atoms with Crippen LogP contribution in [-0.2, 0) is 17.6 Å². The van der Waals surface area contributed by atoms with Crippen LogP contribution in [0.1, 0.15) is 60.5 Å². The van der Waals surface area contributed by atoms with Crippen LogP contribution in [0, 0.1) is 5.92 Å². The summed E-state index contributed by atoms with van der Waals surface area (Å²) >= 11 is 1.42. The molecular weight excluding hydrogens is 418 g/mol. The number of nitrogens with zero attached hydrogens (tertiary/aromatic N) is 1. The molecule has 32 heavy (non-hydrogen) atoms. The summed E-state index contributed by atoms with van der Waals surface area (Å²) in [4.78, 5) is 26.5. The number of unbranched alkanes of at least 4 members (excludes halogenated alkanes) is 2. The van der Waals surface area contributed by atoms with Crippen molar-refractivity contribution < 1.29 is 9.59 Å². The second-order valence-corrected chi connectivity index (χ2v) is 8.55. The molecule has 172 valence electrons. The number of aldehydes is 1. The lowest BCUT2D eigenvalue weighted by Crippen LogP contribution is -2.34. The summed E-state index contributed by atoms with van der Waals surface area (Å²) in [5.41, 5.74) is 9.10. The highest BCUT2D eigenvalue weighted by atomic mass is 32.1. The Hall–Kier alpha value is -2.57. The number of carbonyl (C=O) groups excluding carboxylic acids is 2. The van der Waals surface area contributed by atoms with Gasteiger partial charge < -0.3 is 11.1 Å². The van der Waals surface area contributed by atoms with Crippen LogP contribution < -0.4 is 11.1 Å². The smallest absolute Gasteiger partial charge is 0.223 e. The zero-order chi connectivity index (χ0) is 23.2. The number of benzene rings is 2. The summed E-state index contributed by atoms with van der Waals surface area (Å²) in [6, 6.07) is 16.2. The lowest BCUT2D eigenvalue weighted by molar-refractivity contribution is -0.125. The number of fused-ring (bicyclic) bond motifs is 2. The molecule has 0 bridgehead atoms. The average molecular weight is 454 g/mol. The van der Waals surface area contributed by atoms with E-state index in [1.807, 2.05) is 38.1 Å². The van der Waals surface area contributed by atoms with Crippen molar-refractivity contribution in [2.24, 2.45) is 11.7 Å². The maximum atomic E-state index is 12.1. The van der Waals surface area contributed by atoms with E-state index in [1.54, 1.807) is 0 Å². The van der Waals surface area contributed by atoms with Crippen LogP contribution >= 0.6 is 11.3 Å². The highest BCUT2D eigenvalue weighted by Crippen LogP contribution is 2.25. The molecule has 0 fully saturated rings. The Labute approximate surface area is 195 Å². The van der Waals surface area contributed by atoms with Gasteiger partial charge in [-0.15, -0.1) is 11.3 Å². The van der Waals surface area contributed by atoms with Crippen molar-refractivity contribution in [2.75, 3.05) is 13.1 Å². The third-order valence-corrected chi connectivity index (χ3v) is 6.27. The number of nitrogens with two attached hydrogens (primary N) is 1. The molecule has 0 radical (unpaired) electrons. The fourth-order valence-corrected chi connectivity index (χ4v) is 4.45. The van der Waals surface area contributed by atoms with Gasteiger partial charge in [-0.05, 0) is 61.9 Å². The number of para-hydroxylation sites is 1. The molecular formula is C26H35N3O2S. The van der Waals surface area contributed by atoms with Gasteiger partial charge in [-0.2, -0.15) is 0 Å². The maximum Gasteiger partial charge on any atom is 0.223 e. The normalized spacial score (nSPS) is 14.3. The van der Waals surface area contributed by atoms with Crippen molar-refractivity contribution in [2.45, 2.75) is 52.4 Å². The largest absolute Gasteiger partial charge is 0.356 e. The highest BCUT2D eigenvalue weighted by molar-refractivity contribution is 7.19. The number of amides is 1. The van der Waals surface area contributed by atoms with E-state index in [2.05, 4.69) is 34.6 Å². The first-order valence-electron chi connectivity index (χ1n) is 11.6. The molecule has 5 nitrogen and oxygen atoms in total. The number of aryl methyl sites for hydroxylation is 1. The fourth-order valence-electron chi connectivity index (χ4n) is 3.66. The molecule has 1 atom stereocenters. The molecule has 6 heteroatoms. The number of carbonyl (C=O) groups is 2. The molecule has 1 heterocycles. The van der Waals surface area contributed by atoms with E-state index in [-0.39, 0.29) is 11.8 Å². The first kappa shape index (κ1) is 25.7. The van der Waals surface area contributed by atoms with E-state index in [9.17, 15) is 9.59 Å². The summed E-state index contributed by atoms with van der Waals surface area (Å²) in [5, 5.41) is 3.61. The molecule has 1 aliphatic rings. The number of nitrogens with one attached hydrogen (secondary N) is 1. The number of aromatic nitrogens is 1. The second kappa shape index (κ2) is 14.5. The summed E-state index contributed by atoms with van der Waals surface area (Å²) < 4.78 is 1.06. The Morgan fingerprint density at radius 1 is 1.09 bits per heavy atom. The van der Waals surface area contributed by atoms with Gasteiger partial charge in [0.05, 0.1) is 10.2 Å². The minimum absolute atomic E-state index is 0.157. The lowest BCUT2D eigenvalue weighted by Gasteiger charge is -2.23. The van der Waals surface area contributed by atoms with Gasteiger partial charge in [-0.3, -0.25) is 9.59 Å². The summed E-state index contributed by atoms with van der Waals surface area (Å²) in [6.45, 7) is 5.53. The predicted molar refractivity (Wildman–Crippen MR) is 134 cm³/mol. The Bertz CT molecular complexity index is 937. The quantitative estimate of drug-likeness (QED) is 0.382. The van der Waals surface area contributed by atoms with Crippen LogP contribution in [0.5, 0.6) is 0 Å². The van der Waals surface area contributed by atoms with E-state index < -0.39 is 0 Å². The molecule has 0 aliphatic heterocycles. The molecule has 2 aromatic carbocycles. The number of rotatable bonds is 7. The first-order valence-corrected chi connectivity index (χ1v) is 12.4. The molecule has 0 spiro atoms. The van der Waals surface area contributed by atoms with E-state index in [0.717, 1.165) is 68.1 Å². The Balaban J connectivity index is 0.000000236. The number of hydrogen-bond acceptors (Lipinski definition) is 5. The molecule has 1 amide bonds. The Morgan fingerprint density at radius 3 is 2.53 bits per heavy atom. The number of thiazole rings is 1. The minimum Gasteiger partial charge on any atom is -0.356 e. The zero-order valence-corrected chi connectivity index (χ0v) is 20.0. The third-order valence-electron chi connectivity index (χ3n) is 5.31. The first-order chi connectivity index (χ1) is 15.7. The maximum absolute atomic E-state index is 12.1. The van der Waals surface area contributed by atoms with Crippen molar-refractivity contribution in [1.29, 1.82) is 0 Å². The highest BCUT2D eigenvalue weighted by Gasteiger charge is 2.23. The summed E-state index contributed by atoms with van der Waals surface area (Å²) in [5.74, 6) is 0.381. The summed E-state index contributed by atoms with van der Waals surface area (Å²) in [7, 11) is 0. The van der Waals surface area contributed by atoms with Crippen LogP contribution in [0.3, 0.4) is 0 Å². The van der Waals surface area contributed by atoms with Gasteiger partial charge in [0, 0.05) is 12.5 Å². The monoisotopic (exact) mass is 453 g/mol. The number of hydrogen-bond donors (Lipinski definition) is 2. The molecule has 4 rings (SSSR count). The van der Waals surface area contributed by atoms with Crippen LogP contribution in [0.25, 0.3) is 10.2 Å². The van der Waals surface area contributed by atoms with E-state index in [4.69, 9.17) is 5.73 Å². The summed E-state index contributed by atoms with van der Waals surface area (Å²) in [6.07, 6.45) is 6.87. The van der Waals surface area contributed by atoms with Crippen molar-refractivity contribution in [1.82, 2.24) is 10.3 Å². The predicted octanol–water partition coefficient (Wildman–Crippen LogP) is 5.17. The van der Waals surface area contributed by atoms with Gasteiger partial charge in [-0.1, -0.05) is 56.7 Å². The fraction of sp³-hybridized carbons (Fsp3) is 0.423. The van der Waals surface area contributed by atoms with Gasteiger partial charge in [0.15, 0.2) is 11.3 Å². The third kappa shape index (κ3) is 7.84. The van der Waals surface area contributed by atoms with E-state index in [0.29, 0.717) is 5.01 Å². The van der Waals surface area contributed by atoms with Gasteiger partial charge in [0.1, 0.15) is 0 Å². The topological polar surface area (TPSA) is 85.1 Å². The molecule has 0 saturated heterocycles. The van der Waals surface area contributed by atoms with Crippen molar-refractivity contribution in [3.63, 3.8) is 0 Å². The van der Waals surface area contributed by atoms with E-state index in [1.165, 1.54) is 22.5 Å². The van der Waals surface area contributed by atoms with Crippen LogP contribution in [-0.4, -0.2) is 30.3 Å². The van der Waals surface area contributed by atoms with E-state index >= 15 is 0 Å². The molecule has 0 saturated carbocycles. The lowest BCUT2D eigenvalue weighted by atomic mass is 9.83. The Kier molecular flexibility index (Phi) is 11.6. The molecule has 1 unspecified atom stereocenters. The standard InChI is InChI=1S/C16H24N2O.C8H5NOS.C2H6/c17-10-4-1-5-11-18-16(19)15-9-8-13-6-2-3-7-14(13)12-15;10-5-8-9-6-3-1-2-4-7(6)11-8;1-2/h2-3,6-7,15H,1,4-5,8-12,17H2,(H,18,19);1-5H;1-2H3. The van der Waals surface area contributed by atoms with Crippen LogP contribution in [0.4, 0.5) is 0 Å². The van der Waals surface area contributed by atoms with Crippen LogP contribution in [0.15, 0.2) is 48.5 Å². The van der Waals surface area contributed by atoms with Gasteiger partial charge >= 0.3 is 0 Å². The molecule has 1 aromatic heterocycles. The van der Waals surface area contributed by atoms with Crippen LogP contribution in [0.2, 0.25) is 0 Å². The average Bonchev–Trinajstić information content (AvgIpc) is 3.29. The van der Waals surface area contributed by atoms with Crippen molar-refractivity contribution >= 4 is 33.7 Å². The SMILES string of the molecule is CC.NCCCCCNC(=O)C1CCc2ccccc2C1.O=Cc1nc2ccccc2s1. The molecule has 3 N–H and O–H groups in total. The second-order valence-electron chi connectivity index (χ2n) is 7.49. The molecule has 1 aliphatic carbocycles. The molecule has 3 aromatic rings.